The summed E-state index contributed by atoms with van der Waals surface area (Å²) in [5, 5.41) is 5.63. The van der Waals surface area contributed by atoms with Crippen LogP contribution < -0.4 is 16.5 Å². The van der Waals surface area contributed by atoms with Crippen molar-refractivity contribution in [3.8, 4) is 0 Å². The highest BCUT2D eigenvalue weighted by Gasteiger charge is 2.34. The summed E-state index contributed by atoms with van der Waals surface area (Å²) in [6.07, 6.45) is 5.46. The van der Waals surface area contributed by atoms with E-state index >= 15 is 0 Å². The highest BCUT2D eigenvalue weighted by atomic mass is 127. The first-order valence-electron chi connectivity index (χ1n) is 5.20. The second-order valence-corrected chi connectivity index (χ2v) is 4.94. The summed E-state index contributed by atoms with van der Waals surface area (Å²) in [6, 6.07) is 0.661. The van der Waals surface area contributed by atoms with Crippen LogP contribution in [0.2, 0.25) is 0 Å². The third kappa shape index (κ3) is 2.20. The number of nitrogens with two attached hydrogens (primary N) is 1. The summed E-state index contributed by atoms with van der Waals surface area (Å²) in [5.41, 5.74) is 8.93. The summed E-state index contributed by atoms with van der Waals surface area (Å²) in [7, 11) is 0. The molecule has 2 rings (SSSR count). The number of halogens is 1. The van der Waals surface area contributed by atoms with Gasteiger partial charge in [0.2, 0.25) is 0 Å². The second-order valence-electron chi connectivity index (χ2n) is 4.03. The predicted octanol–water partition coefficient (Wildman–Crippen LogP) is 0.494. The zero-order chi connectivity index (χ0) is 10.1. The Hall–Kier alpha value is 0.530. The van der Waals surface area contributed by atoms with Crippen molar-refractivity contribution in [2.45, 2.75) is 51.1 Å². The SMILES string of the molecule is CC1NC(N)NN(I)N1C1CCCC1. The largest absolute Gasteiger partial charge is 0.302 e. The van der Waals surface area contributed by atoms with E-state index in [1.807, 2.05) is 3.33 Å². The molecule has 0 bridgehead atoms. The molecule has 6 heteroatoms. The first-order chi connectivity index (χ1) is 6.68. The van der Waals surface area contributed by atoms with Crippen LogP contribution in [0.5, 0.6) is 0 Å². The van der Waals surface area contributed by atoms with Crippen molar-refractivity contribution in [2.75, 3.05) is 0 Å². The maximum Gasteiger partial charge on any atom is 0.125 e. The Morgan fingerprint density at radius 3 is 2.57 bits per heavy atom. The van der Waals surface area contributed by atoms with Crippen LogP contribution in [0.4, 0.5) is 0 Å². The van der Waals surface area contributed by atoms with Crippen molar-refractivity contribution in [3.05, 3.63) is 0 Å². The normalized spacial score (nSPS) is 37.9. The minimum absolute atomic E-state index is 0.139. The van der Waals surface area contributed by atoms with Gasteiger partial charge >= 0.3 is 0 Å². The maximum atomic E-state index is 5.78. The van der Waals surface area contributed by atoms with Gasteiger partial charge in [-0.25, -0.2) is 5.43 Å². The van der Waals surface area contributed by atoms with Gasteiger partial charge in [0.05, 0.1) is 29.0 Å². The second kappa shape index (κ2) is 4.58. The number of nitrogens with zero attached hydrogens (tertiary/aromatic N) is 2. The summed E-state index contributed by atoms with van der Waals surface area (Å²) in [5.74, 6) is 0. The molecule has 4 N–H and O–H groups in total. The molecule has 1 aliphatic carbocycles. The van der Waals surface area contributed by atoms with E-state index < -0.39 is 0 Å². The number of hydrazine groups is 2. The molecule has 0 amide bonds. The van der Waals surface area contributed by atoms with Gasteiger partial charge < -0.3 is 5.73 Å². The van der Waals surface area contributed by atoms with Crippen LogP contribution in [0, 0.1) is 0 Å². The van der Waals surface area contributed by atoms with Crippen LogP contribution in [-0.4, -0.2) is 26.8 Å². The van der Waals surface area contributed by atoms with Gasteiger partial charge in [-0.15, -0.1) is 3.33 Å². The highest BCUT2D eigenvalue weighted by Crippen LogP contribution is 2.27. The van der Waals surface area contributed by atoms with Gasteiger partial charge in [0.1, 0.15) is 6.29 Å². The average Bonchev–Trinajstić information content (AvgIpc) is 2.54. The molecule has 82 valence electrons. The Labute approximate surface area is 98.8 Å². The van der Waals surface area contributed by atoms with Crippen LogP contribution in [0.15, 0.2) is 0 Å². The molecular weight excluding hydrogens is 293 g/mol. The molecule has 2 atom stereocenters. The standard InChI is InChI=1S/C8H18IN5/c1-6-11-8(10)12-14(9)13(6)7-4-2-3-5-7/h6-8,11-12H,2-5,10H2,1H3. The van der Waals surface area contributed by atoms with Crippen LogP contribution >= 0.6 is 22.9 Å². The smallest absolute Gasteiger partial charge is 0.125 e. The summed E-state index contributed by atoms with van der Waals surface area (Å²) in [6.45, 7) is 2.16. The molecule has 1 saturated heterocycles. The van der Waals surface area contributed by atoms with E-state index in [1.165, 1.54) is 25.7 Å². The molecule has 2 unspecified atom stereocenters. The average molecular weight is 311 g/mol. The summed E-state index contributed by atoms with van der Waals surface area (Å²) < 4.78 is 2.01. The topological polar surface area (TPSA) is 56.6 Å². The van der Waals surface area contributed by atoms with E-state index in [-0.39, 0.29) is 6.29 Å². The van der Waals surface area contributed by atoms with E-state index in [9.17, 15) is 0 Å². The van der Waals surface area contributed by atoms with Crippen molar-refractivity contribution in [1.82, 2.24) is 19.1 Å². The minimum atomic E-state index is -0.139. The lowest BCUT2D eigenvalue weighted by molar-refractivity contribution is -0.0928. The maximum absolute atomic E-state index is 5.78. The monoisotopic (exact) mass is 311 g/mol. The third-order valence-electron chi connectivity index (χ3n) is 2.96. The molecule has 0 spiro atoms. The highest BCUT2D eigenvalue weighted by molar-refractivity contribution is 14.1. The molecule has 0 aromatic heterocycles. The van der Waals surface area contributed by atoms with Crippen LogP contribution in [0.1, 0.15) is 32.6 Å². The molecule has 0 aromatic carbocycles. The summed E-state index contributed by atoms with van der Waals surface area (Å²) >= 11 is 2.27. The van der Waals surface area contributed by atoms with Crippen molar-refractivity contribution in [2.24, 2.45) is 5.73 Å². The molecule has 0 radical (unpaired) electrons. The molecule has 0 aromatic rings. The van der Waals surface area contributed by atoms with E-state index in [4.69, 9.17) is 5.73 Å². The molecule has 1 heterocycles. The lowest BCUT2D eigenvalue weighted by atomic mass is 10.2. The van der Waals surface area contributed by atoms with Crippen LogP contribution in [-0.2, 0) is 0 Å². The zero-order valence-corrected chi connectivity index (χ0v) is 10.6. The summed E-state index contributed by atoms with van der Waals surface area (Å²) in [4.78, 5) is 0. The number of nitrogens with one attached hydrogen (secondary N) is 2. The molecular formula is C8H18IN5. The Morgan fingerprint density at radius 2 is 2.00 bits per heavy atom. The van der Waals surface area contributed by atoms with Crippen molar-refractivity contribution >= 4 is 22.9 Å². The Balaban J connectivity index is 2.01. The first kappa shape index (κ1) is 11.0. The quantitative estimate of drug-likeness (QED) is 0.486. The fourth-order valence-electron chi connectivity index (χ4n) is 2.34. The van der Waals surface area contributed by atoms with Gasteiger partial charge in [-0.1, -0.05) is 12.8 Å². The van der Waals surface area contributed by atoms with Crippen molar-refractivity contribution in [1.29, 1.82) is 0 Å². The minimum Gasteiger partial charge on any atom is -0.302 e. The van der Waals surface area contributed by atoms with Gasteiger partial charge in [0.15, 0.2) is 0 Å². The van der Waals surface area contributed by atoms with Gasteiger partial charge in [-0.3, -0.25) is 5.32 Å². The third-order valence-corrected chi connectivity index (χ3v) is 3.74. The number of hydrogen-bond acceptors (Lipinski definition) is 5. The van der Waals surface area contributed by atoms with E-state index in [1.54, 1.807) is 0 Å². The van der Waals surface area contributed by atoms with Crippen LogP contribution in [0.3, 0.4) is 0 Å². The van der Waals surface area contributed by atoms with Gasteiger partial charge in [0, 0.05) is 6.04 Å². The lowest BCUT2D eigenvalue weighted by Crippen LogP contribution is -2.71. The fourth-order valence-corrected chi connectivity index (χ4v) is 3.36. The molecule has 2 fully saturated rings. The van der Waals surface area contributed by atoms with Gasteiger partial charge in [-0.05, 0) is 19.8 Å². The molecule has 14 heavy (non-hydrogen) atoms. The van der Waals surface area contributed by atoms with Gasteiger partial charge in [0.25, 0.3) is 0 Å². The number of hydrogen-bond donors (Lipinski definition) is 3. The zero-order valence-electron chi connectivity index (χ0n) is 8.41. The lowest BCUT2D eigenvalue weighted by Gasteiger charge is -2.45. The molecule has 5 nitrogen and oxygen atoms in total. The Kier molecular flexibility index (Phi) is 3.61. The Morgan fingerprint density at radius 1 is 1.36 bits per heavy atom. The first-order valence-corrected chi connectivity index (χ1v) is 6.17. The predicted molar refractivity (Wildman–Crippen MR) is 63.7 cm³/mol. The molecule has 1 aliphatic heterocycles. The van der Waals surface area contributed by atoms with Crippen molar-refractivity contribution in [3.63, 3.8) is 0 Å². The van der Waals surface area contributed by atoms with Crippen molar-refractivity contribution < 1.29 is 0 Å². The Bertz CT molecular complexity index is 184. The van der Waals surface area contributed by atoms with Crippen LogP contribution in [0.25, 0.3) is 0 Å². The molecule has 2 aliphatic rings. The molecule has 1 saturated carbocycles. The van der Waals surface area contributed by atoms with E-state index in [2.05, 4.69) is 45.5 Å². The van der Waals surface area contributed by atoms with Gasteiger partial charge in [-0.2, -0.15) is 5.01 Å². The van der Waals surface area contributed by atoms with E-state index in [0.717, 1.165) is 0 Å². The van der Waals surface area contributed by atoms with E-state index in [0.29, 0.717) is 12.2 Å². The fraction of sp³-hybridized carbons (Fsp3) is 1.00. The number of rotatable bonds is 1.